The zero-order valence-corrected chi connectivity index (χ0v) is 10.8. The first kappa shape index (κ1) is 13.0. The Labute approximate surface area is 110 Å². The van der Waals surface area contributed by atoms with Gasteiger partial charge in [0.25, 0.3) is 5.91 Å². The lowest BCUT2D eigenvalue weighted by atomic mass is 10.2. The highest BCUT2D eigenvalue weighted by molar-refractivity contribution is 6.32. The van der Waals surface area contributed by atoms with Crippen LogP contribution in [0.25, 0.3) is 0 Å². The number of halogens is 1. The van der Waals surface area contributed by atoms with Gasteiger partial charge in [-0.05, 0) is 19.1 Å². The largest absolute Gasteiger partial charge is 0.489 e. The van der Waals surface area contributed by atoms with Crippen LogP contribution >= 0.6 is 11.6 Å². The molecule has 1 aromatic carbocycles. The third-order valence-electron chi connectivity index (χ3n) is 2.37. The van der Waals surface area contributed by atoms with Crippen LogP contribution in [0.5, 0.6) is 11.5 Å². The number of hydrogen-bond acceptors (Lipinski definition) is 4. The molecule has 0 fully saturated rings. The Bertz CT molecular complexity index is 450. The number of benzene rings is 1. The third-order valence-corrected chi connectivity index (χ3v) is 2.65. The molecule has 0 unspecified atom stereocenters. The maximum atomic E-state index is 11.7. The maximum Gasteiger partial charge on any atom is 0.275 e. The van der Waals surface area contributed by atoms with Crippen LogP contribution < -0.4 is 15.0 Å². The average Bonchev–Trinajstić information content (AvgIpc) is 2.61. The van der Waals surface area contributed by atoms with Crippen LogP contribution in [0.2, 0.25) is 5.02 Å². The van der Waals surface area contributed by atoms with E-state index in [1.165, 1.54) is 6.07 Å². The Morgan fingerprint density at radius 2 is 2.22 bits per heavy atom. The number of carbonyl (C=O) groups excluding carboxylic acids is 1. The van der Waals surface area contributed by atoms with E-state index < -0.39 is 0 Å². The van der Waals surface area contributed by atoms with Crippen molar-refractivity contribution in [1.29, 1.82) is 0 Å². The van der Waals surface area contributed by atoms with Crippen molar-refractivity contribution in [2.24, 2.45) is 0 Å². The predicted octanol–water partition coefficient (Wildman–Crippen LogP) is 2.18. The van der Waals surface area contributed by atoms with Gasteiger partial charge < -0.3 is 9.47 Å². The molecular weight excluding hydrogens is 258 g/mol. The molecule has 2 rings (SSSR count). The second kappa shape index (κ2) is 5.93. The van der Waals surface area contributed by atoms with Gasteiger partial charge in [-0.2, -0.15) is 0 Å². The number of nitrogens with one attached hydrogen (secondary N) is 1. The molecule has 1 aromatic rings. The highest BCUT2D eigenvalue weighted by Crippen LogP contribution is 2.37. The van der Waals surface area contributed by atoms with E-state index in [4.69, 9.17) is 25.9 Å². The van der Waals surface area contributed by atoms with Crippen LogP contribution in [-0.2, 0) is 4.84 Å². The van der Waals surface area contributed by atoms with Crippen LogP contribution in [0.4, 0.5) is 0 Å². The van der Waals surface area contributed by atoms with Gasteiger partial charge >= 0.3 is 0 Å². The van der Waals surface area contributed by atoms with Crippen molar-refractivity contribution in [2.45, 2.75) is 13.3 Å². The van der Waals surface area contributed by atoms with E-state index in [-0.39, 0.29) is 5.91 Å². The first-order valence-electron chi connectivity index (χ1n) is 5.73. The van der Waals surface area contributed by atoms with Gasteiger partial charge in [0.05, 0.1) is 24.8 Å². The van der Waals surface area contributed by atoms with Gasteiger partial charge in [-0.25, -0.2) is 5.48 Å². The Kier molecular flexibility index (Phi) is 4.28. The minimum atomic E-state index is -0.366. The minimum Gasteiger partial charge on any atom is -0.489 e. The summed E-state index contributed by atoms with van der Waals surface area (Å²) in [4.78, 5) is 16.6. The second-order valence-electron chi connectivity index (χ2n) is 3.70. The summed E-state index contributed by atoms with van der Waals surface area (Å²) >= 11 is 6.07. The summed E-state index contributed by atoms with van der Waals surface area (Å²) in [5, 5.41) is 0.357. The first-order valence-corrected chi connectivity index (χ1v) is 6.11. The third kappa shape index (κ3) is 2.86. The van der Waals surface area contributed by atoms with Crippen LogP contribution in [0.1, 0.15) is 23.7 Å². The minimum absolute atomic E-state index is 0.357. The summed E-state index contributed by atoms with van der Waals surface area (Å²) < 4.78 is 11.0. The van der Waals surface area contributed by atoms with E-state index in [2.05, 4.69) is 5.48 Å². The molecule has 0 aromatic heterocycles. The topological polar surface area (TPSA) is 56.8 Å². The van der Waals surface area contributed by atoms with Crippen LogP contribution in [-0.4, -0.2) is 25.7 Å². The molecule has 1 heterocycles. The Hall–Kier alpha value is -1.46. The average molecular weight is 272 g/mol. The van der Waals surface area contributed by atoms with Gasteiger partial charge in [0.1, 0.15) is 0 Å². The molecule has 0 radical (unpaired) electrons. The number of hydrogen-bond donors (Lipinski definition) is 1. The molecule has 0 spiro atoms. The van der Waals surface area contributed by atoms with Gasteiger partial charge in [-0.1, -0.05) is 11.6 Å². The molecule has 5 nitrogen and oxygen atoms in total. The molecule has 18 heavy (non-hydrogen) atoms. The van der Waals surface area contributed by atoms with Crippen molar-refractivity contribution in [3.8, 4) is 11.5 Å². The zero-order valence-electron chi connectivity index (χ0n) is 9.99. The molecular formula is C12H14ClNO4. The summed E-state index contributed by atoms with van der Waals surface area (Å²) in [6.07, 6.45) is 0.783. The normalized spacial score (nSPS) is 13.9. The zero-order chi connectivity index (χ0) is 13.0. The van der Waals surface area contributed by atoms with E-state index in [1.807, 2.05) is 0 Å². The predicted molar refractivity (Wildman–Crippen MR) is 66.2 cm³/mol. The van der Waals surface area contributed by atoms with Gasteiger partial charge in [0.2, 0.25) is 0 Å². The SMILES string of the molecule is CCONC(=O)c1cc(Cl)c2c(c1)OCCCO2. The number of rotatable bonds is 3. The Morgan fingerprint density at radius 1 is 1.44 bits per heavy atom. The fourth-order valence-electron chi connectivity index (χ4n) is 1.56. The van der Waals surface area contributed by atoms with E-state index in [1.54, 1.807) is 13.0 Å². The summed E-state index contributed by atoms with van der Waals surface area (Å²) in [7, 11) is 0. The summed E-state index contributed by atoms with van der Waals surface area (Å²) in [6, 6.07) is 3.13. The molecule has 1 aliphatic rings. The Balaban J connectivity index is 2.25. The molecule has 1 aliphatic heterocycles. The number of amides is 1. The van der Waals surface area contributed by atoms with E-state index in [9.17, 15) is 4.79 Å². The first-order chi connectivity index (χ1) is 8.72. The quantitative estimate of drug-likeness (QED) is 0.856. The number of carbonyl (C=O) groups is 1. The number of ether oxygens (including phenoxy) is 2. The maximum absolute atomic E-state index is 11.7. The van der Waals surface area contributed by atoms with Crippen molar-refractivity contribution in [3.05, 3.63) is 22.7 Å². The van der Waals surface area contributed by atoms with Gasteiger partial charge in [0.15, 0.2) is 11.5 Å². The fraction of sp³-hybridized carbons (Fsp3) is 0.417. The van der Waals surface area contributed by atoms with Crippen molar-refractivity contribution in [3.63, 3.8) is 0 Å². The molecule has 0 saturated carbocycles. The standard InChI is InChI=1S/C12H14ClNO4/c1-2-18-14-12(15)8-6-9(13)11-10(7-8)16-4-3-5-17-11/h6-7H,2-5H2,1H3,(H,14,15). The lowest BCUT2D eigenvalue weighted by Gasteiger charge is -2.11. The molecule has 1 N–H and O–H groups in total. The summed E-state index contributed by atoms with van der Waals surface area (Å²) in [6.45, 7) is 3.27. The number of hydroxylamine groups is 1. The molecule has 6 heteroatoms. The van der Waals surface area contributed by atoms with Gasteiger partial charge in [-0.15, -0.1) is 0 Å². The molecule has 0 aliphatic carbocycles. The van der Waals surface area contributed by atoms with Crippen molar-refractivity contribution in [1.82, 2.24) is 5.48 Å². The molecule has 0 atom stereocenters. The molecule has 1 amide bonds. The highest BCUT2D eigenvalue weighted by atomic mass is 35.5. The summed E-state index contributed by atoms with van der Waals surface area (Å²) in [5.74, 6) is 0.609. The lowest BCUT2D eigenvalue weighted by Crippen LogP contribution is -2.23. The van der Waals surface area contributed by atoms with Crippen LogP contribution in [0, 0.1) is 0 Å². The smallest absolute Gasteiger partial charge is 0.275 e. The molecule has 0 bridgehead atoms. The van der Waals surface area contributed by atoms with Crippen LogP contribution in [0.15, 0.2) is 12.1 Å². The highest BCUT2D eigenvalue weighted by Gasteiger charge is 2.18. The monoisotopic (exact) mass is 271 g/mol. The van der Waals surface area contributed by atoms with Crippen molar-refractivity contribution >= 4 is 17.5 Å². The van der Waals surface area contributed by atoms with Crippen molar-refractivity contribution in [2.75, 3.05) is 19.8 Å². The molecule has 0 saturated heterocycles. The fourth-order valence-corrected chi connectivity index (χ4v) is 1.82. The van der Waals surface area contributed by atoms with Gasteiger partial charge in [-0.3, -0.25) is 9.63 Å². The Morgan fingerprint density at radius 3 is 3.00 bits per heavy atom. The number of fused-ring (bicyclic) bond motifs is 1. The van der Waals surface area contributed by atoms with Crippen molar-refractivity contribution < 1.29 is 19.1 Å². The van der Waals surface area contributed by atoms with E-state index >= 15 is 0 Å². The second-order valence-corrected chi connectivity index (χ2v) is 4.11. The lowest BCUT2D eigenvalue weighted by molar-refractivity contribution is 0.0364. The van der Waals surface area contributed by atoms with E-state index in [0.717, 1.165) is 6.42 Å². The summed E-state index contributed by atoms with van der Waals surface area (Å²) in [5.41, 5.74) is 2.68. The van der Waals surface area contributed by atoms with E-state index in [0.29, 0.717) is 41.9 Å². The van der Waals surface area contributed by atoms with Gasteiger partial charge in [0, 0.05) is 12.0 Å². The van der Waals surface area contributed by atoms with Crippen LogP contribution in [0.3, 0.4) is 0 Å². The molecule has 98 valence electrons.